The van der Waals surface area contributed by atoms with E-state index in [4.69, 9.17) is 4.98 Å². The molecule has 2 unspecified atom stereocenters. The topological polar surface area (TPSA) is 49.3 Å². The zero-order chi connectivity index (χ0) is 19.4. The second-order valence-corrected chi connectivity index (χ2v) is 8.13. The lowest BCUT2D eigenvalue weighted by atomic mass is 10.0. The van der Waals surface area contributed by atoms with E-state index in [0.29, 0.717) is 24.9 Å². The van der Waals surface area contributed by atoms with E-state index in [1.807, 2.05) is 6.92 Å². The minimum atomic E-state index is -0.796. The van der Waals surface area contributed by atoms with Gasteiger partial charge < -0.3 is 9.80 Å². The van der Waals surface area contributed by atoms with Crippen molar-refractivity contribution >= 4 is 11.7 Å². The quantitative estimate of drug-likeness (QED) is 0.799. The first-order valence-electron chi connectivity index (χ1n) is 9.85. The molecule has 5 rings (SSSR count). The highest BCUT2D eigenvalue weighted by Gasteiger charge is 2.43. The second kappa shape index (κ2) is 6.50. The molecule has 146 valence electrons. The van der Waals surface area contributed by atoms with Gasteiger partial charge in [-0.05, 0) is 38.3 Å². The number of rotatable bonds is 2. The summed E-state index contributed by atoms with van der Waals surface area (Å²) in [4.78, 5) is 26.1. The van der Waals surface area contributed by atoms with Crippen LogP contribution in [0.15, 0.2) is 18.2 Å². The number of carbonyl (C=O) groups excluding carboxylic acids is 1. The smallest absolute Gasteiger partial charge is 0.256 e. The van der Waals surface area contributed by atoms with Crippen LogP contribution in [0, 0.1) is 30.4 Å². The number of benzene rings is 1. The molecule has 2 fully saturated rings. The van der Waals surface area contributed by atoms with Gasteiger partial charge in [-0.1, -0.05) is 0 Å². The summed E-state index contributed by atoms with van der Waals surface area (Å²) in [5.41, 5.74) is 2.41. The highest BCUT2D eigenvalue weighted by atomic mass is 19.1. The van der Waals surface area contributed by atoms with E-state index in [1.54, 1.807) is 4.90 Å². The Morgan fingerprint density at radius 2 is 1.82 bits per heavy atom. The van der Waals surface area contributed by atoms with Crippen molar-refractivity contribution in [3.05, 3.63) is 52.5 Å². The van der Waals surface area contributed by atoms with Crippen molar-refractivity contribution in [2.24, 2.45) is 11.8 Å². The van der Waals surface area contributed by atoms with Gasteiger partial charge in [0.15, 0.2) is 0 Å². The number of hydrogen-bond acceptors (Lipinski definition) is 4. The van der Waals surface area contributed by atoms with Gasteiger partial charge in [-0.25, -0.2) is 18.7 Å². The van der Waals surface area contributed by atoms with Gasteiger partial charge in [-0.2, -0.15) is 0 Å². The summed E-state index contributed by atoms with van der Waals surface area (Å²) >= 11 is 0. The normalized spacial score (nSPS) is 23.2. The van der Waals surface area contributed by atoms with Crippen LogP contribution in [0.3, 0.4) is 0 Å². The van der Waals surface area contributed by atoms with Crippen LogP contribution in [0.1, 0.15) is 33.9 Å². The van der Waals surface area contributed by atoms with Crippen LogP contribution in [0.4, 0.5) is 14.6 Å². The number of likely N-dealkylation sites (tertiary alicyclic amines) is 1. The third-order valence-electron chi connectivity index (χ3n) is 6.26. The molecule has 1 aliphatic carbocycles. The van der Waals surface area contributed by atoms with E-state index in [2.05, 4.69) is 9.88 Å². The number of fused-ring (bicyclic) bond motifs is 2. The van der Waals surface area contributed by atoms with Gasteiger partial charge in [0.2, 0.25) is 0 Å². The zero-order valence-corrected chi connectivity index (χ0v) is 15.8. The number of halogens is 2. The fourth-order valence-corrected chi connectivity index (χ4v) is 4.96. The van der Waals surface area contributed by atoms with Crippen molar-refractivity contribution in [2.45, 2.75) is 26.2 Å². The van der Waals surface area contributed by atoms with Gasteiger partial charge in [0.05, 0.1) is 5.56 Å². The van der Waals surface area contributed by atoms with Crippen molar-refractivity contribution in [1.82, 2.24) is 14.9 Å². The zero-order valence-electron chi connectivity index (χ0n) is 15.8. The van der Waals surface area contributed by atoms with E-state index < -0.39 is 11.6 Å². The highest BCUT2D eigenvalue weighted by Crippen LogP contribution is 2.37. The predicted molar refractivity (Wildman–Crippen MR) is 100 cm³/mol. The third-order valence-corrected chi connectivity index (χ3v) is 6.26. The lowest BCUT2D eigenvalue weighted by Gasteiger charge is -2.24. The summed E-state index contributed by atoms with van der Waals surface area (Å²) in [6.45, 7) is 4.84. The van der Waals surface area contributed by atoms with Crippen LogP contribution >= 0.6 is 0 Å². The number of hydrogen-bond donors (Lipinski definition) is 0. The summed E-state index contributed by atoms with van der Waals surface area (Å²) < 4.78 is 27.1. The molecule has 2 atom stereocenters. The molecule has 3 heterocycles. The Labute approximate surface area is 162 Å². The molecule has 0 saturated carbocycles. The molecule has 3 aliphatic rings. The summed E-state index contributed by atoms with van der Waals surface area (Å²) in [5.74, 6) is 0.760. The molecule has 5 nitrogen and oxygen atoms in total. The van der Waals surface area contributed by atoms with Crippen LogP contribution in [0.25, 0.3) is 0 Å². The molecule has 2 aliphatic heterocycles. The number of amides is 1. The van der Waals surface area contributed by atoms with Crippen molar-refractivity contribution in [3.63, 3.8) is 0 Å². The first-order valence-corrected chi connectivity index (χ1v) is 9.85. The molecule has 0 N–H and O–H groups in total. The van der Waals surface area contributed by atoms with Gasteiger partial charge in [-0.15, -0.1) is 0 Å². The van der Waals surface area contributed by atoms with Crippen molar-refractivity contribution in [3.8, 4) is 0 Å². The molecule has 1 aromatic heterocycles. The van der Waals surface area contributed by atoms with Gasteiger partial charge in [0, 0.05) is 55.3 Å². The number of anilines is 1. The van der Waals surface area contributed by atoms with E-state index in [9.17, 15) is 13.6 Å². The number of aromatic nitrogens is 2. The summed E-state index contributed by atoms with van der Waals surface area (Å²) in [5, 5.41) is 0. The lowest BCUT2D eigenvalue weighted by Crippen LogP contribution is -2.34. The van der Waals surface area contributed by atoms with Crippen molar-refractivity contribution in [2.75, 3.05) is 31.1 Å². The Balaban J connectivity index is 1.31. The fourth-order valence-electron chi connectivity index (χ4n) is 4.96. The molecule has 1 aromatic carbocycles. The first-order chi connectivity index (χ1) is 13.5. The molecule has 7 heteroatoms. The van der Waals surface area contributed by atoms with Crippen LogP contribution in [-0.2, 0) is 12.8 Å². The molecule has 0 bridgehead atoms. The molecular weight excluding hydrogens is 362 g/mol. The average Bonchev–Trinajstić information content (AvgIpc) is 3.34. The van der Waals surface area contributed by atoms with E-state index in [0.717, 1.165) is 56.1 Å². The largest absolute Gasteiger partial charge is 0.356 e. The van der Waals surface area contributed by atoms with Gasteiger partial charge in [-0.3, -0.25) is 4.79 Å². The number of carbonyl (C=O) groups is 1. The highest BCUT2D eigenvalue weighted by molar-refractivity contribution is 5.94. The SMILES string of the molecule is Cc1nc2c(c(N3CC4CN(C(=O)c5ccc(F)cc5F)CC4C3)n1)CCC2. The molecule has 0 spiro atoms. The molecule has 0 radical (unpaired) electrons. The number of aryl methyl sites for hydroxylation is 2. The molecule has 1 amide bonds. The standard InChI is InChI=1S/C21H22F2N4O/c1-12-24-19-4-2-3-17(19)20(25-12)26-8-13-10-27(11-14(13)9-26)21(28)16-6-5-15(22)7-18(16)23/h5-7,13-14H,2-4,8-11H2,1H3. The maximum atomic E-state index is 14.0. The molecule has 2 aromatic rings. The van der Waals surface area contributed by atoms with Gasteiger partial charge >= 0.3 is 0 Å². The van der Waals surface area contributed by atoms with Crippen LogP contribution in [0.5, 0.6) is 0 Å². The molecule has 2 saturated heterocycles. The number of nitrogens with zero attached hydrogens (tertiary/aromatic N) is 4. The van der Waals surface area contributed by atoms with Crippen molar-refractivity contribution in [1.29, 1.82) is 0 Å². The molecule has 28 heavy (non-hydrogen) atoms. The maximum absolute atomic E-state index is 14.0. The summed E-state index contributed by atoms with van der Waals surface area (Å²) in [7, 11) is 0. The third kappa shape index (κ3) is 2.84. The Hall–Kier alpha value is -2.57. The molecular formula is C21H22F2N4O. The average molecular weight is 384 g/mol. The fraction of sp³-hybridized carbons (Fsp3) is 0.476. The van der Waals surface area contributed by atoms with E-state index in [-0.39, 0.29) is 11.5 Å². The summed E-state index contributed by atoms with van der Waals surface area (Å²) in [6, 6.07) is 3.14. The van der Waals surface area contributed by atoms with Gasteiger partial charge in [0.1, 0.15) is 23.3 Å². The lowest BCUT2D eigenvalue weighted by molar-refractivity contribution is 0.0778. The monoisotopic (exact) mass is 384 g/mol. The van der Waals surface area contributed by atoms with Crippen LogP contribution in [0.2, 0.25) is 0 Å². The Morgan fingerprint density at radius 1 is 1.07 bits per heavy atom. The summed E-state index contributed by atoms with van der Waals surface area (Å²) in [6.07, 6.45) is 3.19. The second-order valence-electron chi connectivity index (χ2n) is 8.13. The Bertz CT molecular complexity index is 950. The predicted octanol–water partition coefficient (Wildman–Crippen LogP) is 2.76. The van der Waals surface area contributed by atoms with Crippen LogP contribution < -0.4 is 4.90 Å². The van der Waals surface area contributed by atoms with Gasteiger partial charge in [0.25, 0.3) is 5.91 Å². The first kappa shape index (κ1) is 17.5. The minimum absolute atomic E-state index is 0.0533. The minimum Gasteiger partial charge on any atom is -0.356 e. The Kier molecular flexibility index (Phi) is 4.07. The maximum Gasteiger partial charge on any atom is 0.256 e. The van der Waals surface area contributed by atoms with E-state index >= 15 is 0 Å². The van der Waals surface area contributed by atoms with E-state index in [1.165, 1.54) is 17.3 Å². The Morgan fingerprint density at radius 3 is 2.54 bits per heavy atom. The van der Waals surface area contributed by atoms with Crippen molar-refractivity contribution < 1.29 is 13.6 Å². The van der Waals surface area contributed by atoms with Crippen LogP contribution in [-0.4, -0.2) is 47.0 Å².